The Bertz CT molecular complexity index is 1290. The topological polar surface area (TPSA) is 94.7 Å². The second-order valence-corrected chi connectivity index (χ2v) is 6.97. The Hall–Kier alpha value is -4.07. The minimum atomic E-state index is -0.526. The van der Waals surface area contributed by atoms with Gasteiger partial charge in [-0.25, -0.2) is 9.97 Å². The van der Waals surface area contributed by atoms with Gasteiger partial charge in [0.25, 0.3) is 11.5 Å². The van der Waals surface area contributed by atoms with E-state index in [1.54, 1.807) is 43.8 Å². The maximum atomic E-state index is 12.9. The fourth-order valence-electron chi connectivity index (χ4n) is 3.10. The zero-order chi connectivity index (χ0) is 21.3. The average molecular weight is 400 g/mol. The van der Waals surface area contributed by atoms with Gasteiger partial charge >= 0.3 is 0 Å². The van der Waals surface area contributed by atoms with E-state index in [0.717, 1.165) is 16.8 Å². The lowest BCUT2D eigenvalue weighted by Gasteiger charge is -2.10. The van der Waals surface area contributed by atoms with Crippen LogP contribution in [-0.4, -0.2) is 30.0 Å². The maximum Gasteiger partial charge on any atom is 0.263 e. The molecule has 8 heteroatoms. The van der Waals surface area contributed by atoms with Crippen molar-refractivity contribution in [1.29, 1.82) is 0 Å². The first-order valence-electron chi connectivity index (χ1n) is 9.32. The number of pyridine rings is 3. The lowest BCUT2D eigenvalue weighted by Crippen LogP contribution is -2.27. The van der Waals surface area contributed by atoms with E-state index in [-0.39, 0.29) is 5.56 Å². The van der Waals surface area contributed by atoms with E-state index in [1.807, 2.05) is 42.9 Å². The number of nitrogens with zero attached hydrogens (tertiary/aromatic N) is 5. The highest BCUT2D eigenvalue weighted by Crippen LogP contribution is 2.20. The number of imidazole rings is 1. The molecule has 0 aliphatic rings. The van der Waals surface area contributed by atoms with Crippen molar-refractivity contribution in [3.05, 3.63) is 82.8 Å². The van der Waals surface area contributed by atoms with Crippen molar-refractivity contribution in [2.24, 2.45) is 14.1 Å². The van der Waals surface area contributed by atoms with Crippen LogP contribution in [0.25, 0.3) is 22.6 Å². The van der Waals surface area contributed by atoms with Crippen LogP contribution in [0.3, 0.4) is 0 Å². The Labute approximate surface area is 172 Å². The molecule has 0 spiro atoms. The summed E-state index contributed by atoms with van der Waals surface area (Å²) in [5.41, 5.74) is 2.69. The number of rotatable bonds is 4. The molecule has 0 atom stereocenters. The molecule has 0 radical (unpaired) electrons. The first-order chi connectivity index (χ1) is 14.4. The number of carbonyl (C=O) groups excluding carboxylic acids is 1. The molecule has 0 saturated heterocycles. The molecule has 4 aromatic heterocycles. The van der Waals surface area contributed by atoms with Gasteiger partial charge in [-0.1, -0.05) is 12.1 Å². The molecule has 0 saturated carbocycles. The summed E-state index contributed by atoms with van der Waals surface area (Å²) < 4.78 is 3.23. The highest BCUT2D eigenvalue weighted by molar-refractivity contribution is 6.04. The third-order valence-electron chi connectivity index (χ3n) is 4.71. The summed E-state index contributed by atoms with van der Waals surface area (Å²) in [6, 6.07) is 10.6. The first kappa shape index (κ1) is 19.3. The number of hydrogen-bond donors (Lipinski definition) is 1. The van der Waals surface area contributed by atoms with Crippen molar-refractivity contribution in [3.8, 4) is 22.6 Å². The van der Waals surface area contributed by atoms with E-state index in [2.05, 4.69) is 20.3 Å². The van der Waals surface area contributed by atoms with E-state index in [9.17, 15) is 9.59 Å². The van der Waals surface area contributed by atoms with Crippen molar-refractivity contribution in [2.75, 3.05) is 5.32 Å². The van der Waals surface area contributed by atoms with Crippen molar-refractivity contribution < 1.29 is 4.79 Å². The zero-order valence-electron chi connectivity index (χ0n) is 16.8. The van der Waals surface area contributed by atoms with E-state index < -0.39 is 11.5 Å². The molecule has 0 fully saturated rings. The number of anilines is 1. The van der Waals surface area contributed by atoms with Crippen LogP contribution in [0.15, 0.2) is 66.0 Å². The summed E-state index contributed by atoms with van der Waals surface area (Å²) in [4.78, 5) is 38.5. The summed E-state index contributed by atoms with van der Waals surface area (Å²) in [5, 5.41) is 2.72. The molecule has 1 N–H and O–H groups in total. The number of aromatic nitrogens is 5. The molecule has 8 nitrogen and oxygen atoms in total. The zero-order valence-corrected chi connectivity index (χ0v) is 16.8. The highest BCUT2D eigenvalue weighted by atomic mass is 16.2. The SMILES string of the molecule is Cc1ccc(-c2cc(C(=O)Nc3cccc(-c4nccn4C)n3)c(=O)n(C)c2)cn1. The monoisotopic (exact) mass is 400 g/mol. The number of aryl methyl sites for hydroxylation is 3. The van der Waals surface area contributed by atoms with Gasteiger partial charge in [-0.15, -0.1) is 0 Å². The molecule has 0 unspecified atom stereocenters. The third-order valence-corrected chi connectivity index (χ3v) is 4.71. The Balaban J connectivity index is 1.66. The first-order valence-corrected chi connectivity index (χ1v) is 9.32. The van der Waals surface area contributed by atoms with Crippen LogP contribution >= 0.6 is 0 Å². The van der Waals surface area contributed by atoms with Gasteiger partial charge in [0, 0.05) is 55.7 Å². The minimum absolute atomic E-state index is 0.0276. The molecule has 0 aliphatic heterocycles. The second kappa shape index (κ2) is 7.75. The molecular weight excluding hydrogens is 380 g/mol. The highest BCUT2D eigenvalue weighted by Gasteiger charge is 2.16. The van der Waals surface area contributed by atoms with Crippen LogP contribution in [0, 0.1) is 6.92 Å². The average Bonchev–Trinajstić information content (AvgIpc) is 3.16. The fraction of sp³-hybridized carbons (Fsp3) is 0.136. The molecule has 4 rings (SSSR count). The number of carbonyl (C=O) groups is 1. The standard InChI is InChI=1S/C22H20N6O2/c1-14-7-8-15(12-24-14)16-11-17(22(30)28(3)13-16)21(29)26-19-6-4-5-18(25-19)20-23-9-10-27(20)2/h4-13H,1-3H3,(H,25,26,29). The van der Waals surface area contributed by atoms with Crippen molar-refractivity contribution in [2.45, 2.75) is 6.92 Å². The van der Waals surface area contributed by atoms with Gasteiger partial charge in [-0.3, -0.25) is 14.6 Å². The van der Waals surface area contributed by atoms with Gasteiger partial charge in [-0.05, 0) is 31.2 Å². The Kier molecular flexibility index (Phi) is 4.97. The quantitative estimate of drug-likeness (QED) is 0.568. The van der Waals surface area contributed by atoms with Crippen LogP contribution in [0.2, 0.25) is 0 Å². The predicted molar refractivity (Wildman–Crippen MR) is 114 cm³/mol. The molecule has 1 amide bonds. The normalized spacial score (nSPS) is 10.8. The molecule has 0 bridgehead atoms. The van der Waals surface area contributed by atoms with Gasteiger partial charge in [0.05, 0.1) is 0 Å². The van der Waals surface area contributed by atoms with E-state index in [0.29, 0.717) is 17.3 Å². The van der Waals surface area contributed by atoms with Gasteiger partial charge in [-0.2, -0.15) is 0 Å². The summed E-state index contributed by atoms with van der Waals surface area (Å²) in [7, 11) is 3.48. The van der Waals surface area contributed by atoms with Crippen LogP contribution in [-0.2, 0) is 14.1 Å². The lowest BCUT2D eigenvalue weighted by atomic mass is 10.1. The van der Waals surface area contributed by atoms with E-state index in [4.69, 9.17) is 0 Å². The predicted octanol–water partition coefficient (Wildman–Crippen LogP) is 2.80. The summed E-state index contributed by atoms with van der Waals surface area (Å²) >= 11 is 0. The van der Waals surface area contributed by atoms with Gasteiger partial charge < -0.3 is 14.5 Å². The van der Waals surface area contributed by atoms with E-state index in [1.165, 1.54) is 4.57 Å². The number of nitrogens with one attached hydrogen (secondary N) is 1. The van der Waals surface area contributed by atoms with Crippen molar-refractivity contribution in [1.82, 2.24) is 24.1 Å². The molecule has 150 valence electrons. The number of amides is 1. The summed E-state index contributed by atoms with van der Waals surface area (Å²) in [5.74, 6) is 0.489. The summed E-state index contributed by atoms with van der Waals surface area (Å²) in [6.07, 6.45) is 6.90. The Morgan fingerprint density at radius 2 is 1.87 bits per heavy atom. The van der Waals surface area contributed by atoms with Gasteiger partial charge in [0.1, 0.15) is 17.1 Å². The molecule has 4 heterocycles. The van der Waals surface area contributed by atoms with E-state index >= 15 is 0 Å². The van der Waals surface area contributed by atoms with Crippen LogP contribution in [0.4, 0.5) is 5.82 Å². The molecule has 0 aliphatic carbocycles. The van der Waals surface area contributed by atoms with Crippen LogP contribution in [0.1, 0.15) is 16.1 Å². The van der Waals surface area contributed by atoms with Crippen LogP contribution < -0.4 is 10.9 Å². The molecule has 30 heavy (non-hydrogen) atoms. The van der Waals surface area contributed by atoms with Gasteiger partial charge in [0.15, 0.2) is 5.82 Å². The largest absolute Gasteiger partial charge is 0.333 e. The third kappa shape index (κ3) is 3.75. The fourth-order valence-corrected chi connectivity index (χ4v) is 3.10. The minimum Gasteiger partial charge on any atom is -0.333 e. The Morgan fingerprint density at radius 1 is 1.03 bits per heavy atom. The Morgan fingerprint density at radius 3 is 2.57 bits per heavy atom. The molecule has 4 aromatic rings. The second-order valence-electron chi connectivity index (χ2n) is 6.97. The van der Waals surface area contributed by atoms with Crippen molar-refractivity contribution >= 4 is 11.7 Å². The number of hydrogen-bond acceptors (Lipinski definition) is 5. The lowest BCUT2D eigenvalue weighted by molar-refractivity contribution is 0.102. The molecule has 0 aromatic carbocycles. The van der Waals surface area contributed by atoms with Crippen LogP contribution in [0.5, 0.6) is 0 Å². The van der Waals surface area contributed by atoms with Gasteiger partial charge in [0.2, 0.25) is 0 Å². The van der Waals surface area contributed by atoms with Crippen molar-refractivity contribution in [3.63, 3.8) is 0 Å². The summed E-state index contributed by atoms with van der Waals surface area (Å²) in [6.45, 7) is 1.90. The smallest absolute Gasteiger partial charge is 0.263 e. The molecular formula is C22H20N6O2. The maximum absolute atomic E-state index is 12.9.